The molecule has 0 aliphatic rings. The minimum Gasteiger partial charge on any atom is -0.469 e. The molecule has 0 radical (unpaired) electrons. The van der Waals surface area contributed by atoms with Crippen molar-refractivity contribution in [1.82, 2.24) is 0 Å². The molecule has 1 unspecified atom stereocenters. The number of rotatable bonds is 5. The quantitative estimate of drug-likeness (QED) is 0.551. The predicted octanol–water partition coefficient (Wildman–Crippen LogP) is 5.12. The molecule has 0 aliphatic heterocycles. The van der Waals surface area contributed by atoms with Gasteiger partial charge in [-0.25, -0.2) is 0 Å². The maximum atomic E-state index is 11.4. The largest absolute Gasteiger partial charge is 0.469 e. The Kier molecular flexibility index (Phi) is 6.38. The van der Waals surface area contributed by atoms with E-state index in [2.05, 4.69) is 4.74 Å². The highest BCUT2D eigenvalue weighted by atomic mass is 35.5. The zero-order valence-electron chi connectivity index (χ0n) is 11.6. The highest BCUT2D eigenvalue weighted by Gasteiger charge is 2.30. The second-order valence-corrected chi connectivity index (χ2v) is 6.48. The predicted molar refractivity (Wildman–Crippen MR) is 85.3 cm³/mol. The molecule has 110 valence electrons. The van der Waals surface area contributed by atoms with Crippen molar-refractivity contribution in [2.24, 2.45) is 5.41 Å². The number of benzene rings is 1. The topological polar surface area (TPSA) is 26.3 Å². The van der Waals surface area contributed by atoms with Crippen LogP contribution in [0.4, 0.5) is 0 Å². The number of esters is 1. The van der Waals surface area contributed by atoms with E-state index in [1.165, 1.54) is 7.11 Å². The number of alkyl halides is 1. The lowest BCUT2D eigenvalue weighted by Gasteiger charge is -2.27. The Labute approximate surface area is 134 Å². The van der Waals surface area contributed by atoms with Gasteiger partial charge in [0.2, 0.25) is 0 Å². The van der Waals surface area contributed by atoms with Crippen LogP contribution in [0.25, 0.3) is 5.03 Å². The molecule has 2 nitrogen and oxygen atoms in total. The van der Waals surface area contributed by atoms with Crippen molar-refractivity contribution in [3.05, 3.63) is 40.9 Å². The van der Waals surface area contributed by atoms with E-state index in [9.17, 15) is 4.79 Å². The fourth-order valence-corrected chi connectivity index (χ4v) is 2.25. The molecule has 1 atom stereocenters. The molecule has 5 heteroatoms. The standard InChI is InChI=1S/C15H17Cl3O2/c1-15(2,9-14(19)20-3)13(18)8-12(17)10-4-6-11(16)7-5-10/h4-8,13H,9H2,1-3H3. The van der Waals surface area contributed by atoms with Gasteiger partial charge in [0.15, 0.2) is 0 Å². The first-order valence-corrected chi connectivity index (χ1v) is 7.29. The minimum absolute atomic E-state index is 0.221. The van der Waals surface area contributed by atoms with E-state index in [0.717, 1.165) is 5.56 Å². The molecule has 1 aromatic carbocycles. The maximum Gasteiger partial charge on any atom is 0.306 e. The first-order valence-electron chi connectivity index (χ1n) is 6.10. The number of allylic oxidation sites excluding steroid dienone is 1. The van der Waals surface area contributed by atoms with E-state index in [4.69, 9.17) is 34.8 Å². The van der Waals surface area contributed by atoms with Crippen LogP contribution in [-0.2, 0) is 9.53 Å². The summed E-state index contributed by atoms with van der Waals surface area (Å²) in [6.45, 7) is 3.79. The number of hydrogen-bond acceptors (Lipinski definition) is 2. The summed E-state index contributed by atoms with van der Waals surface area (Å²) >= 11 is 18.4. The van der Waals surface area contributed by atoms with E-state index in [1.807, 2.05) is 26.0 Å². The Bertz CT molecular complexity index is 492. The third-order valence-electron chi connectivity index (χ3n) is 2.99. The summed E-state index contributed by atoms with van der Waals surface area (Å²) in [7, 11) is 1.36. The van der Waals surface area contributed by atoms with Gasteiger partial charge in [0.05, 0.1) is 18.9 Å². The Morgan fingerprint density at radius 3 is 2.40 bits per heavy atom. The van der Waals surface area contributed by atoms with Gasteiger partial charge in [-0.05, 0) is 29.2 Å². The minimum atomic E-state index is -0.457. The third-order valence-corrected chi connectivity index (χ3v) is 4.30. The van der Waals surface area contributed by atoms with Gasteiger partial charge in [-0.3, -0.25) is 4.79 Å². The molecule has 0 fully saturated rings. The van der Waals surface area contributed by atoms with E-state index in [0.29, 0.717) is 10.1 Å². The second-order valence-electron chi connectivity index (χ2n) is 5.16. The average molecular weight is 336 g/mol. The summed E-state index contributed by atoms with van der Waals surface area (Å²) in [5.74, 6) is -0.295. The molecule has 1 rings (SSSR count). The molecule has 0 bridgehead atoms. The Morgan fingerprint density at radius 1 is 1.35 bits per heavy atom. The lowest BCUT2D eigenvalue weighted by atomic mass is 9.85. The molecule has 0 saturated carbocycles. The van der Waals surface area contributed by atoms with Crippen molar-refractivity contribution in [2.75, 3.05) is 7.11 Å². The normalized spacial score (nSPS) is 14.0. The summed E-state index contributed by atoms with van der Waals surface area (Å²) in [5.41, 5.74) is 0.372. The second kappa shape index (κ2) is 7.35. The molecule has 0 aromatic heterocycles. The smallest absolute Gasteiger partial charge is 0.306 e. The highest BCUT2D eigenvalue weighted by Crippen LogP contribution is 2.34. The van der Waals surface area contributed by atoms with E-state index in [-0.39, 0.29) is 12.4 Å². The molecule has 0 amide bonds. The fourth-order valence-electron chi connectivity index (χ4n) is 1.60. The first kappa shape index (κ1) is 17.4. The van der Waals surface area contributed by atoms with E-state index >= 15 is 0 Å². The van der Waals surface area contributed by atoms with Crippen LogP contribution in [0.2, 0.25) is 5.02 Å². The molecule has 0 saturated heterocycles. The van der Waals surface area contributed by atoms with E-state index < -0.39 is 10.8 Å². The fraction of sp³-hybridized carbons (Fsp3) is 0.400. The first-order chi connectivity index (χ1) is 9.26. The summed E-state index contributed by atoms with van der Waals surface area (Å²) in [6.07, 6.45) is 1.95. The van der Waals surface area contributed by atoms with Crippen LogP contribution in [-0.4, -0.2) is 18.5 Å². The van der Waals surface area contributed by atoms with Crippen LogP contribution in [0.5, 0.6) is 0 Å². The Morgan fingerprint density at radius 2 is 1.90 bits per heavy atom. The number of carbonyl (C=O) groups is 1. The highest BCUT2D eigenvalue weighted by molar-refractivity contribution is 6.49. The number of carbonyl (C=O) groups excluding carboxylic acids is 1. The summed E-state index contributed by atoms with van der Waals surface area (Å²) < 4.78 is 4.67. The Hall–Kier alpha value is -0.700. The van der Waals surface area contributed by atoms with Gasteiger partial charge < -0.3 is 4.74 Å². The van der Waals surface area contributed by atoms with Gasteiger partial charge in [0, 0.05) is 10.1 Å². The van der Waals surface area contributed by atoms with Crippen LogP contribution in [0.1, 0.15) is 25.8 Å². The molecule has 20 heavy (non-hydrogen) atoms. The van der Waals surface area contributed by atoms with Crippen molar-refractivity contribution in [3.8, 4) is 0 Å². The van der Waals surface area contributed by atoms with Crippen LogP contribution >= 0.6 is 34.8 Å². The van der Waals surface area contributed by atoms with Crippen LogP contribution < -0.4 is 0 Å². The molecule has 0 spiro atoms. The molecule has 1 aromatic rings. The Balaban J connectivity index is 2.86. The number of ether oxygens (including phenoxy) is 1. The maximum absolute atomic E-state index is 11.4. The number of methoxy groups -OCH3 is 1. The monoisotopic (exact) mass is 334 g/mol. The van der Waals surface area contributed by atoms with Crippen LogP contribution in [0.15, 0.2) is 30.3 Å². The van der Waals surface area contributed by atoms with Gasteiger partial charge >= 0.3 is 5.97 Å². The van der Waals surface area contributed by atoms with Crippen molar-refractivity contribution in [2.45, 2.75) is 25.6 Å². The van der Waals surface area contributed by atoms with Crippen LogP contribution in [0, 0.1) is 5.41 Å². The summed E-state index contributed by atoms with van der Waals surface area (Å²) in [6, 6.07) is 7.15. The molecule has 0 N–H and O–H groups in total. The van der Waals surface area contributed by atoms with Gasteiger partial charge in [0.25, 0.3) is 0 Å². The van der Waals surface area contributed by atoms with Gasteiger partial charge in [0.1, 0.15) is 0 Å². The lowest BCUT2D eigenvalue weighted by Crippen LogP contribution is -2.27. The molecule has 0 aliphatic carbocycles. The summed E-state index contributed by atoms with van der Waals surface area (Å²) in [4.78, 5) is 11.4. The molecular weight excluding hydrogens is 319 g/mol. The van der Waals surface area contributed by atoms with Crippen molar-refractivity contribution in [3.63, 3.8) is 0 Å². The van der Waals surface area contributed by atoms with Gasteiger partial charge in [-0.15, -0.1) is 11.6 Å². The molecular formula is C15H17Cl3O2. The van der Waals surface area contributed by atoms with Crippen molar-refractivity contribution < 1.29 is 9.53 Å². The zero-order valence-corrected chi connectivity index (χ0v) is 13.9. The molecule has 0 heterocycles. The van der Waals surface area contributed by atoms with Gasteiger partial charge in [-0.1, -0.05) is 49.2 Å². The lowest BCUT2D eigenvalue weighted by molar-refractivity contribution is -0.142. The number of hydrogen-bond donors (Lipinski definition) is 0. The number of halogens is 3. The van der Waals surface area contributed by atoms with Crippen molar-refractivity contribution in [1.29, 1.82) is 0 Å². The average Bonchev–Trinajstić information content (AvgIpc) is 2.38. The third kappa shape index (κ3) is 5.01. The summed E-state index contributed by atoms with van der Waals surface area (Å²) in [5, 5.41) is 0.774. The zero-order chi connectivity index (χ0) is 15.3. The van der Waals surface area contributed by atoms with Crippen molar-refractivity contribution >= 4 is 45.8 Å². The van der Waals surface area contributed by atoms with Crippen LogP contribution in [0.3, 0.4) is 0 Å². The SMILES string of the molecule is COC(=O)CC(C)(C)C(Cl)C=C(Cl)c1ccc(Cl)cc1. The van der Waals surface area contributed by atoms with Gasteiger partial charge in [-0.2, -0.15) is 0 Å². The van der Waals surface area contributed by atoms with E-state index in [1.54, 1.807) is 18.2 Å².